The Morgan fingerprint density at radius 2 is 2.09 bits per heavy atom. The molecule has 0 radical (unpaired) electrons. The quantitative estimate of drug-likeness (QED) is 0.555. The van der Waals surface area contributed by atoms with E-state index in [1.807, 2.05) is 6.07 Å². The fourth-order valence-electron chi connectivity index (χ4n) is 4.23. The van der Waals surface area contributed by atoms with Gasteiger partial charge in [-0.15, -0.1) is 0 Å². The zero-order valence-corrected chi connectivity index (χ0v) is 18.5. The Hall–Kier alpha value is -3.69. The number of fused-ring (bicyclic) bond motifs is 1. The number of carbonyl (C=O) groups is 3. The van der Waals surface area contributed by atoms with Crippen molar-refractivity contribution in [2.45, 2.75) is 31.7 Å². The summed E-state index contributed by atoms with van der Waals surface area (Å²) in [5.74, 6) is 0.0361. The van der Waals surface area contributed by atoms with Gasteiger partial charge in [-0.25, -0.2) is 14.8 Å². The summed E-state index contributed by atoms with van der Waals surface area (Å²) in [7, 11) is 1.50. The number of hydrogen-bond donors (Lipinski definition) is 2. The highest BCUT2D eigenvalue weighted by Crippen LogP contribution is 2.29. The second-order valence-corrected chi connectivity index (χ2v) is 8.12. The van der Waals surface area contributed by atoms with Gasteiger partial charge in [0.05, 0.1) is 19.6 Å². The molecular formula is C23H27N5O5. The van der Waals surface area contributed by atoms with Gasteiger partial charge in [0.15, 0.2) is 5.78 Å². The van der Waals surface area contributed by atoms with Crippen LogP contribution in [0, 0.1) is 0 Å². The Kier molecular flexibility index (Phi) is 6.71. The van der Waals surface area contributed by atoms with Crippen molar-refractivity contribution in [2.75, 3.05) is 38.6 Å². The van der Waals surface area contributed by atoms with Crippen LogP contribution in [-0.4, -0.2) is 75.9 Å². The van der Waals surface area contributed by atoms with Crippen molar-refractivity contribution in [1.29, 1.82) is 0 Å². The van der Waals surface area contributed by atoms with E-state index in [0.29, 0.717) is 30.2 Å². The number of pyridine rings is 2. The molecule has 4 rings (SSSR count). The van der Waals surface area contributed by atoms with E-state index in [4.69, 9.17) is 4.74 Å². The smallest absolute Gasteiger partial charge is 0.320 e. The molecule has 1 fully saturated rings. The summed E-state index contributed by atoms with van der Waals surface area (Å²) in [6.45, 7) is 1.89. The van der Waals surface area contributed by atoms with Crippen LogP contribution in [0.1, 0.15) is 46.9 Å². The molecule has 1 atom stereocenters. The van der Waals surface area contributed by atoms with Gasteiger partial charge in [0.25, 0.3) is 0 Å². The summed E-state index contributed by atoms with van der Waals surface area (Å²) < 4.78 is 5.06. The second-order valence-electron chi connectivity index (χ2n) is 8.12. The van der Waals surface area contributed by atoms with Crippen molar-refractivity contribution in [2.24, 2.45) is 0 Å². The highest BCUT2D eigenvalue weighted by Gasteiger charge is 2.35. The molecule has 2 aliphatic heterocycles. The third-order valence-electron chi connectivity index (χ3n) is 6.01. The number of nitrogens with zero attached hydrogens (tertiary/aromatic N) is 4. The van der Waals surface area contributed by atoms with Crippen LogP contribution in [0.3, 0.4) is 0 Å². The molecule has 0 bridgehead atoms. The highest BCUT2D eigenvalue weighted by molar-refractivity contribution is 5.95. The number of rotatable bonds is 9. The molecule has 2 aromatic heterocycles. The predicted molar refractivity (Wildman–Crippen MR) is 119 cm³/mol. The van der Waals surface area contributed by atoms with Gasteiger partial charge in [-0.1, -0.05) is 12.1 Å². The van der Waals surface area contributed by atoms with Gasteiger partial charge in [-0.2, -0.15) is 0 Å². The maximum absolute atomic E-state index is 13.0. The number of aliphatic carboxylic acids is 1. The van der Waals surface area contributed by atoms with Crippen LogP contribution in [0.15, 0.2) is 30.5 Å². The van der Waals surface area contributed by atoms with Crippen LogP contribution in [0.2, 0.25) is 0 Å². The van der Waals surface area contributed by atoms with E-state index in [1.54, 1.807) is 23.1 Å². The van der Waals surface area contributed by atoms with E-state index in [9.17, 15) is 19.5 Å². The summed E-state index contributed by atoms with van der Waals surface area (Å²) in [4.78, 5) is 48.9. The van der Waals surface area contributed by atoms with E-state index >= 15 is 0 Å². The van der Waals surface area contributed by atoms with Gasteiger partial charge in [0.1, 0.15) is 11.5 Å². The van der Waals surface area contributed by atoms with Gasteiger partial charge in [0.2, 0.25) is 5.88 Å². The lowest BCUT2D eigenvalue weighted by Gasteiger charge is -2.27. The molecule has 2 N–H and O–H groups in total. The van der Waals surface area contributed by atoms with Gasteiger partial charge in [-0.3, -0.25) is 9.59 Å². The molecule has 10 nitrogen and oxygen atoms in total. The number of aromatic nitrogens is 2. The minimum absolute atomic E-state index is 0.127. The number of carboxylic acid groups (broad SMARTS) is 1. The lowest BCUT2D eigenvalue weighted by atomic mass is 10.0. The molecule has 0 aliphatic carbocycles. The maximum atomic E-state index is 13.0. The Labute approximate surface area is 191 Å². The first-order valence-corrected chi connectivity index (χ1v) is 11.0. The van der Waals surface area contributed by atoms with E-state index in [1.165, 1.54) is 18.2 Å². The molecule has 10 heteroatoms. The zero-order valence-electron chi connectivity index (χ0n) is 18.5. The number of carboxylic acids is 1. The van der Waals surface area contributed by atoms with Crippen LogP contribution < -0.4 is 10.1 Å². The molecular weight excluding hydrogens is 426 g/mol. The monoisotopic (exact) mass is 453 g/mol. The predicted octanol–water partition coefficient (Wildman–Crippen LogP) is 2.37. The molecule has 1 saturated heterocycles. The number of Topliss-reactive ketones (excluding diaryl/α,β-unsaturated/α-hetero) is 1. The number of methoxy groups -OCH3 is 1. The minimum Gasteiger partial charge on any atom is -0.481 e. The lowest BCUT2D eigenvalue weighted by molar-refractivity contribution is -0.138. The first-order chi connectivity index (χ1) is 16.0. The molecule has 0 spiro atoms. The Balaban J connectivity index is 1.40. The van der Waals surface area contributed by atoms with Gasteiger partial charge in [0, 0.05) is 44.9 Å². The molecule has 4 heterocycles. The Bertz CT molecular complexity index is 1040. The van der Waals surface area contributed by atoms with Crippen LogP contribution in [0.4, 0.5) is 10.6 Å². The fourth-order valence-corrected chi connectivity index (χ4v) is 4.23. The number of ether oxygens (including phenoxy) is 1. The van der Waals surface area contributed by atoms with Crippen molar-refractivity contribution < 1.29 is 24.2 Å². The van der Waals surface area contributed by atoms with Crippen LogP contribution >= 0.6 is 0 Å². The van der Waals surface area contributed by atoms with E-state index < -0.39 is 12.0 Å². The largest absolute Gasteiger partial charge is 0.481 e. The summed E-state index contributed by atoms with van der Waals surface area (Å²) in [5, 5.41) is 12.6. The first-order valence-electron chi connectivity index (χ1n) is 11.0. The molecule has 2 aromatic rings. The summed E-state index contributed by atoms with van der Waals surface area (Å²) >= 11 is 0. The van der Waals surface area contributed by atoms with Crippen molar-refractivity contribution >= 4 is 23.6 Å². The standard InChI is InChI=1S/C23H27N5O5/c1-33-20-7-5-16(14-25-20)18(13-21(30)31)28-12-11-27(23(28)32)10-8-19(29)17-6-4-15-3-2-9-24-22(15)26-17/h4-7,14,18H,2-3,8-13H2,1H3,(H,24,26)(H,30,31). The molecule has 1 unspecified atom stereocenters. The molecule has 174 valence electrons. The Morgan fingerprint density at radius 1 is 1.24 bits per heavy atom. The summed E-state index contributed by atoms with van der Waals surface area (Å²) in [6, 6.07) is 6.10. The van der Waals surface area contributed by atoms with E-state index in [2.05, 4.69) is 15.3 Å². The third kappa shape index (κ3) is 5.05. The number of aryl methyl sites for hydroxylation is 1. The maximum Gasteiger partial charge on any atom is 0.320 e. The Morgan fingerprint density at radius 3 is 2.82 bits per heavy atom. The number of ketones is 1. The van der Waals surface area contributed by atoms with E-state index in [0.717, 1.165) is 30.8 Å². The van der Waals surface area contributed by atoms with Gasteiger partial charge < -0.3 is 25.0 Å². The summed E-state index contributed by atoms with van der Waals surface area (Å²) in [6.07, 6.45) is 3.44. The minimum atomic E-state index is -1.01. The normalized spacial score (nSPS) is 16.2. The van der Waals surface area contributed by atoms with Gasteiger partial charge >= 0.3 is 12.0 Å². The van der Waals surface area contributed by atoms with Crippen molar-refractivity contribution in [3.63, 3.8) is 0 Å². The van der Waals surface area contributed by atoms with Crippen molar-refractivity contribution in [3.05, 3.63) is 47.3 Å². The van der Waals surface area contributed by atoms with Crippen LogP contribution in [-0.2, 0) is 11.2 Å². The number of hydrogen-bond acceptors (Lipinski definition) is 7. The number of urea groups is 1. The van der Waals surface area contributed by atoms with Crippen LogP contribution in [0.5, 0.6) is 5.88 Å². The average molecular weight is 453 g/mol. The molecule has 33 heavy (non-hydrogen) atoms. The molecule has 2 amide bonds. The van der Waals surface area contributed by atoms with Crippen molar-refractivity contribution in [3.8, 4) is 5.88 Å². The van der Waals surface area contributed by atoms with Crippen molar-refractivity contribution in [1.82, 2.24) is 19.8 Å². The first kappa shape index (κ1) is 22.5. The number of amides is 2. The lowest BCUT2D eigenvalue weighted by Crippen LogP contribution is -2.36. The molecule has 0 saturated carbocycles. The van der Waals surface area contributed by atoms with Crippen LogP contribution in [0.25, 0.3) is 0 Å². The third-order valence-corrected chi connectivity index (χ3v) is 6.01. The fraction of sp³-hybridized carbons (Fsp3) is 0.435. The topological polar surface area (TPSA) is 125 Å². The number of carbonyl (C=O) groups excluding carboxylic acids is 2. The highest BCUT2D eigenvalue weighted by atomic mass is 16.5. The zero-order chi connectivity index (χ0) is 23.4. The molecule has 2 aliphatic rings. The molecule has 0 aromatic carbocycles. The SMILES string of the molecule is COc1ccc(C(CC(=O)O)N2CCN(CCC(=O)c3ccc4c(n3)NCCC4)C2=O)cn1. The average Bonchev–Trinajstić information content (AvgIpc) is 3.20. The van der Waals surface area contributed by atoms with E-state index in [-0.39, 0.29) is 31.2 Å². The van der Waals surface area contributed by atoms with Gasteiger partial charge in [-0.05, 0) is 30.0 Å². The summed E-state index contributed by atoms with van der Waals surface area (Å²) in [5.41, 5.74) is 2.12. The number of anilines is 1. The number of nitrogens with one attached hydrogen (secondary N) is 1. The second kappa shape index (κ2) is 9.85.